The number of fused-ring (bicyclic) bond motifs is 1. The summed E-state index contributed by atoms with van der Waals surface area (Å²) in [6, 6.07) is 13.7. The van der Waals surface area contributed by atoms with Gasteiger partial charge >= 0.3 is 5.97 Å². The number of nitrogens with zero attached hydrogens (tertiary/aromatic N) is 2. The number of amides is 2. The third kappa shape index (κ3) is 4.38. The van der Waals surface area contributed by atoms with Gasteiger partial charge in [-0.3, -0.25) is 14.5 Å². The summed E-state index contributed by atoms with van der Waals surface area (Å²) in [7, 11) is 1.18. The van der Waals surface area contributed by atoms with Crippen LogP contribution in [0.4, 0.5) is 5.69 Å². The van der Waals surface area contributed by atoms with Crippen LogP contribution in [0.15, 0.2) is 67.0 Å². The van der Waals surface area contributed by atoms with E-state index in [1.807, 2.05) is 24.3 Å². The standard InChI is InChI=1S/C25H25N3O5/c1-16(25(31)32-3)26-23(29)17(2)28-15-22-20(5-4-6-21(22)24(28)30)18-7-9-19(10-8-18)27-11-13-33-14-12-27/h4-10H,1-2,11-15H2,3H3,(H,26,29). The van der Waals surface area contributed by atoms with Crippen molar-refractivity contribution in [2.45, 2.75) is 6.54 Å². The number of methoxy groups -OCH3 is 1. The fraction of sp³-hybridized carbons (Fsp3) is 0.240. The number of carbonyl (C=O) groups excluding carboxylic acids is 3. The van der Waals surface area contributed by atoms with Gasteiger partial charge in [-0.1, -0.05) is 37.4 Å². The Balaban J connectivity index is 1.54. The van der Waals surface area contributed by atoms with Crippen molar-refractivity contribution in [3.8, 4) is 11.1 Å². The summed E-state index contributed by atoms with van der Waals surface area (Å²) in [6.45, 7) is 10.6. The topological polar surface area (TPSA) is 88.2 Å². The van der Waals surface area contributed by atoms with Crippen LogP contribution in [0.5, 0.6) is 0 Å². The van der Waals surface area contributed by atoms with Gasteiger partial charge in [0, 0.05) is 24.3 Å². The Kier molecular flexibility index (Phi) is 6.28. The molecular weight excluding hydrogens is 422 g/mol. The molecule has 2 heterocycles. The zero-order valence-corrected chi connectivity index (χ0v) is 18.4. The number of esters is 1. The number of hydrogen-bond acceptors (Lipinski definition) is 6. The van der Waals surface area contributed by atoms with Crippen LogP contribution in [0.25, 0.3) is 11.1 Å². The average molecular weight is 447 g/mol. The van der Waals surface area contributed by atoms with Crippen LogP contribution in [0.1, 0.15) is 15.9 Å². The summed E-state index contributed by atoms with van der Waals surface area (Å²) >= 11 is 0. The minimum Gasteiger partial charge on any atom is -0.464 e. The fourth-order valence-corrected chi connectivity index (χ4v) is 4.00. The lowest BCUT2D eigenvalue weighted by Gasteiger charge is -2.29. The Morgan fingerprint density at radius 2 is 1.70 bits per heavy atom. The maximum Gasteiger partial charge on any atom is 0.353 e. The molecule has 0 spiro atoms. The fourth-order valence-electron chi connectivity index (χ4n) is 4.00. The second kappa shape index (κ2) is 9.30. The zero-order valence-electron chi connectivity index (χ0n) is 18.4. The van der Waals surface area contributed by atoms with Gasteiger partial charge in [0.15, 0.2) is 0 Å². The van der Waals surface area contributed by atoms with Gasteiger partial charge in [-0.2, -0.15) is 0 Å². The number of morpholine rings is 1. The summed E-state index contributed by atoms with van der Waals surface area (Å²) in [5, 5.41) is 2.32. The number of anilines is 1. The lowest BCUT2D eigenvalue weighted by Crippen LogP contribution is -2.36. The molecule has 0 unspecified atom stereocenters. The average Bonchev–Trinajstić information content (AvgIpc) is 3.20. The monoisotopic (exact) mass is 447 g/mol. The van der Waals surface area contributed by atoms with Gasteiger partial charge in [-0.05, 0) is 34.9 Å². The van der Waals surface area contributed by atoms with E-state index in [9.17, 15) is 14.4 Å². The van der Waals surface area contributed by atoms with Crippen LogP contribution < -0.4 is 10.2 Å². The van der Waals surface area contributed by atoms with E-state index in [0.717, 1.165) is 48.7 Å². The quantitative estimate of drug-likeness (QED) is 0.541. The zero-order chi connectivity index (χ0) is 23.5. The van der Waals surface area contributed by atoms with Gasteiger partial charge in [0.05, 0.1) is 26.9 Å². The lowest BCUT2D eigenvalue weighted by atomic mass is 9.97. The molecule has 2 aromatic rings. The summed E-state index contributed by atoms with van der Waals surface area (Å²) in [4.78, 5) is 40.6. The van der Waals surface area contributed by atoms with E-state index in [2.05, 4.69) is 40.2 Å². The molecule has 0 bridgehead atoms. The molecule has 1 saturated heterocycles. The first kappa shape index (κ1) is 22.3. The molecule has 2 amide bonds. The number of benzene rings is 2. The van der Waals surface area contributed by atoms with E-state index in [1.54, 1.807) is 6.07 Å². The van der Waals surface area contributed by atoms with Crippen molar-refractivity contribution in [1.29, 1.82) is 0 Å². The molecule has 2 aromatic carbocycles. The van der Waals surface area contributed by atoms with E-state index in [-0.39, 0.29) is 23.8 Å². The van der Waals surface area contributed by atoms with Crippen molar-refractivity contribution in [3.63, 3.8) is 0 Å². The van der Waals surface area contributed by atoms with Crippen molar-refractivity contribution >= 4 is 23.5 Å². The van der Waals surface area contributed by atoms with Gasteiger partial charge in [0.25, 0.3) is 11.8 Å². The molecule has 8 nitrogen and oxygen atoms in total. The Hall–Kier alpha value is -3.91. The number of rotatable bonds is 6. The SMILES string of the molecule is C=C(NC(=O)C(=C)N1Cc2c(cccc2-c2ccc(N3CCOCC3)cc2)C1=O)C(=O)OC. The van der Waals surface area contributed by atoms with Gasteiger partial charge in [0.1, 0.15) is 11.4 Å². The van der Waals surface area contributed by atoms with Gasteiger partial charge in [-0.25, -0.2) is 4.79 Å². The van der Waals surface area contributed by atoms with Gasteiger partial charge in [0.2, 0.25) is 0 Å². The number of nitrogens with one attached hydrogen (secondary N) is 1. The molecule has 2 aliphatic heterocycles. The van der Waals surface area contributed by atoms with E-state index in [1.165, 1.54) is 12.0 Å². The van der Waals surface area contributed by atoms with Crippen LogP contribution in [0.2, 0.25) is 0 Å². The number of carbonyl (C=O) groups is 3. The van der Waals surface area contributed by atoms with Crippen LogP contribution in [-0.4, -0.2) is 56.1 Å². The van der Waals surface area contributed by atoms with Gasteiger partial charge in [-0.15, -0.1) is 0 Å². The summed E-state index contributed by atoms with van der Waals surface area (Å²) in [5.41, 5.74) is 4.07. The molecule has 0 radical (unpaired) electrons. The summed E-state index contributed by atoms with van der Waals surface area (Å²) < 4.78 is 9.95. The maximum atomic E-state index is 13.0. The van der Waals surface area contributed by atoms with Crippen molar-refractivity contribution in [2.75, 3.05) is 38.3 Å². The van der Waals surface area contributed by atoms with E-state index in [4.69, 9.17) is 4.74 Å². The Bertz CT molecular complexity index is 1130. The first-order chi connectivity index (χ1) is 15.9. The lowest BCUT2D eigenvalue weighted by molar-refractivity contribution is -0.137. The first-order valence-corrected chi connectivity index (χ1v) is 10.5. The minimum atomic E-state index is -0.769. The molecule has 4 rings (SSSR count). The molecule has 1 N–H and O–H groups in total. The molecule has 170 valence electrons. The summed E-state index contributed by atoms with van der Waals surface area (Å²) in [6.07, 6.45) is 0. The Labute approximate surface area is 192 Å². The molecule has 33 heavy (non-hydrogen) atoms. The molecule has 8 heteroatoms. The Morgan fingerprint density at radius 3 is 2.36 bits per heavy atom. The van der Waals surface area contributed by atoms with Crippen LogP contribution >= 0.6 is 0 Å². The van der Waals surface area contributed by atoms with E-state index in [0.29, 0.717) is 5.56 Å². The number of hydrogen-bond donors (Lipinski definition) is 1. The normalized spacial score (nSPS) is 15.1. The van der Waals surface area contributed by atoms with Crippen LogP contribution in [0, 0.1) is 0 Å². The smallest absolute Gasteiger partial charge is 0.353 e. The number of ether oxygens (including phenoxy) is 2. The highest BCUT2D eigenvalue weighted by atomic mass is 16.5. The highest BCUT2D eigenvalue weighted by Crippen LogP contribution is 2.35. The largest absolute Gasteiger partial charge is 0.464 e. The maximum absolute atomic E-state index is 13.0. The van der Waals surface area contributed by atoms with Crippen molar-refractivity contribution in [3.05, 3.63) is 78.1 Å². The minimum absolute atomic E-state index is 0.0742. The second-order valence-corrected chi connectivity index (χ2v) is 7.74. The van der Waals surface area contributed by atoms with E-state index < -0.39 is 11.9 Å². The predicted octanol–water partition coefficient (Wildman–Crippen LogP) is 2.46. The highest BCUT2D eigenvalue weighted by Gasteiger charge is 2.33. The second-order valence-electron chi connectivity index (χ2n) is 7.74. The molecule has 0 aliphatic carbocycles. The highest BCUT2D eigenvalue weighted by molar-refractivity contribution is 6.07. The predicted molar refractivity (Wildman–Crippen MR) is 123 cm³/mol. The molecule has 0 aromatic heterocycles. The first-order valence-electron chi connectivity index (χ1n) is 10.5. The van der Waals surface area contributed by atoms with E-state index >= 15 is 0 Å². The molecular formula is C25H25N3O5. The van der Waals surface area contributed by atoms with Crippen molar-refractivity contribution < 1.29 is 23.9 Å². The third-order valence-electron chi connectivity index (χ3n) is 5.81. The van der Waals surface area contributed by atoms with Crippen LogP contribution in [-0.2, 0) is 25.6 Å². The van der Waals surface area contributed by atoms with Crippen molar-refractivity contribution in [1.82, 2.24) is 10.2 Å². The Morgan fingerprint density at radius 1 is 1.03 bits per heavy atom. The third-order valence-corrected chi connectivity index (χ3v) is 5.81. The molecule has 2 aliphatic rings. The molecule has 0 atom stereocenters. The van der Waals surface area contributed by atoms with Crippen molar-refractivity contribution in [2.24, 2.45) is 0 Å². The van der Waals surface area contributed by atoms with Crippen LogP contribution in [0.3, 0.4) is 0 Å². The molecule has 0 saturated carbocycles. The molecule has 1 fully saturated rings. The van der Waals surface area contributed by atoms with Gasteiger partial charge < -0.3 is 19.7 Å². The summed E-state index contributed by atoms with van der Waals surface area (Å²) in [5.74, 6) is -1.78.